The van der Waals surface area contributed by atoms with Crippen LogP contribution in [0, 0.1) is 0 Å². The summed E-state index contributed by atoms with van der Waals surface area (Å²) >= 11 is 15.1. The maximum Gasteiger partial charge on any atom is 0.389 e. The van der Waals surface area contributed by atoms with Crippen molar-refractivity contribution in [3.8, 4) is 0 Å². The summed E-state index contributed by atoms with van der Waals surface area (Å²) < 4.78 is 5.33. The highest BCUT2D eigenvalue weighted by molar-refractivity contribution is 9.09. The lowest BCUT2D eigenvalue weighted by Crippen LogP contribution is -2.23. The van der Waals surface area contributed by atoms with Gasteiger partial charge in [0, 0.05) is 11.9 Å². The monoisotopic (exact) mass is 278 g/mol. The minimum Gasteiger partial charge on any atom is -0.392 e. The van der Waals surface area contributed by atoms with Gasteiger partial charge in [-0.15, -0.1) is 22.2 Å². The van der Waals surface area contributed by atoms with Crippen LogP contribution in [0.3, 0.4) is 0 Å². The molecule has 0 heterocycles. The van der Waals surface area contributed by atoms with Crippen molar-refractivity contribution in [2.45, 2.75) is 25.8 Å². The second-order valence-corrected chi connectivity index (χ2v) is 9.54. The molecule has 5 heteroatoms. The Bertz CT molecular complexity index is 103. The van der Waals surface area contributed by atoms with E-state index in [0.717, 1.165) is 24.2 Å². The number of hydrogen-bond acceptors (Lipinski definition) is 1. The van der Waals surface area contributed by atoms with Gasteiger partial charge in [0.2, 0.25) is 0 Å². The topological polar surface area (TPSA) is 9.23 Å². The standard InChI is InChI=1S/C6H13BrCl2OSi/c1-2-11(8,9)10-6-4-3-5-7/h2-6H2,1H3. The van der Waals surface area contributed by atoms with Gasteiger partial charge in [-0.1, -0.05) is 22.9 Å². The fourth-order valence-corrected chi connectivity index (χ4v) is 2.03. The molecule has 0 N–H and O–H groups in total. The minimum atomic E-state index is -2.30. The lowest BCUT2D eigenvalue weighted by molar-refractivity contribution is 0.316. The zero-order valence-electron chi connectivity index (χ0n) is 6.58. The first-order chi connectivity index (χ1) is 5.12. The molecule has 0 fully saturated rings. The fraction of sp³-hybridized carbons (Fsp3) is 1.00. The van der Waals surface area contributed by atoms with Gasteiger partial charge in [0.1, 0.15) is 0 Å². The number of hydrogen-bond donors (Lipinski definition) is 0. The molecule has 1 nitrogen and oxygen atoms in total. The van der Waals surface area contributed by atoms with Crippen LogP contribution in [0.2, 0.25) is 6.04 Å². The average Bonchev–Trinajstić information content (AvgIpc) is 1.99. The first-order valence-corrected chi connectivity index (χ1v) is 8.96. The van der Waals surface area contributed by atoms with Crippen LogP contribution in [0.5, 0.6) is 0 Å². The SMILES string of the molecule is CC[Si](Cl)(Cl)OCCCCBr. The molecule has 0 aromatic rings. The lowest BCUT2D eigenvalue weighted by Gasteiger charge is -2.14. The van der Waals surface area contributed by atoms with Crippen molar-refractivity contribution in [3.05, 3.63) is 0 Å². The largest absolute Gasteiger partial charge is 0.392 e. The van der Waals surface area contributed by atoms with Crippen molar-refractivity contribution >= 4 is 45.0 Å². The van der Waals surface area contributed by atoms with Crippen molar-refractivity contribution in [1.82, 2.24) is 0 Å². The Kier molecular flexibility index (Phi) is 7.48. The van der Waals surface area contributed by atoms with Crippen LogP contribution in [0.4, 0.5) is 0 Å². The number of halogens is 3. The van der Waals surface area contributed by atoms with E-state index in [9.17, 15) is 0 Å². The van der Waals surface area contributed by atoms with E-state index >= 15 is 0 Å². The van der Waals surface area contributed by atoms with Crippen molar-refractivity contribution in [3.63, 3.8) is 0 Å². The second kappa shape index (κ2) is 6.72. The van der Waals surface area contributed by atoms with Gasteiger partial charge in [-0.25, -0.2) is 0 Å². The normalized spacial score (nSPS) is 12.0. The van der Waals surface area contributed by atoms with E-state index in [4.69, 9.17) is 26.6 Å². The molecule has 0 unspecified atom stereocenters. The molecule has 0 aliphatic heterocycles. The molecular weight excluding hydrogens is 267 g/mol. The predicted molar refractivity (Wildman–Crippen MR) is 56.9 cm³/mol. The predicted octanol–water partition coefficient (Wildman–Crippen LogP) is 3.61. The zero-order chi connectivity index (χ0) is 8.74. The molecule has 0 rings (SSSR count). The summed E-state index contributed by atoms with van der Waals surface area (Å²) in [6.45, 7) is 0.350. The van der Waals surface area contributed by atoms with E-state index in [2.05, 4.69) is 15.9 Å². The van der Waals surface area contributed by atoms with Crippen LogP contribution >= 0.6 is 38.1 Å². The molecular formula is C6H13BrCl2OSi. The molecule has 0 saturated carbocycles. The third kappa shape index (κ3) is 7.59. The molecule has 0 radical (unpaired) electrons. The van der Waals surface area contributed by atoms with Crippen LogP contribution in [-0.2, 0) is 4.43 Å². The van der Waals surface area contributed by atoms with Gasteiger partial charge in [0.25, 0.3) is 0 Å². The molecule has 11 heavy (non-hydrogen) atoms. The first kappa shape index (κ1) is 12.2. The van der Waals surface area contributed by atoms with Gasteiger partial charge < -0.3 is 4.43 Å². The van der Waals surface area contributed by atoms with Crippen LogP contribution in [0.25, 0.3) is 0 Å². The summed E-state index contributed by atoms with van der Waals surface area (Å²) in [5.41, 5.74) is 0. The molecule has 0 aliphatic rings. The molecule has 0 atom stereocenters. The summed E-state index contributed by atoms with van der Waals surface area (Å²) in [4.78, 5) is 0. The van der Waals surface area contributed by atoms with Crippen molar-refractivity contribution in [2.75, 3.05) is 11.9 Å². The minimum absolute atomic E-state index is 0.693. The van der Waals surface area contributed by atoms with Crippen LogP contribution < -0.4 is 0 Å². The summed E-state index contributed by atoms with van der Waals surface area (Å²) in [5.74, 6) is 0. The fourth-order valence-electron chi connectivity index (χ4n) is 0.520. The van der Waals surface area contributed by atoms with E-state index in [-0.39, 0.29) is 0 Å². The first-order valence-electron chi connectivity index (χ1n) is 3.70. The Morgan fingerprint density at radius 3 is 2.45 bits per heavy atom. The highest BCUT2D eigenvalue weighted by Gasteiger charge is 2.27. The van der Waals surface area contributed by atoms with Crippen LogP contribution in [-0.4, -0.2) is 18.9 Å². The summed E-state index contributed by atoms with van der Waals surface area (Å²) in [6, 6.07) is 0.754. The van der Waals surface area contributed by atoms with Gasteiger partial charge in [-0.05, 0) is 18.9 Å². The Labute approximate surface area is 87.1 Å². The molecule has 0 spiro atoms. The molecule has 68 valence electrons. The smallest absolute Gasteiger partial charge is 0.389 e. The molecule has 0 aliphatic carbocycles. The summed E-state index contributed by atoms with van der Waals surface area (Å²) in [7, 11) is 0. The lowest BCUT2D eigenvalue weighted by atomic mass is 10.4. The molecule has 0 aromatic carbocycles. The summed E-state index contributed by atoms with van der Waals surface area (Å²) in [6.07, 6.45) is 2.14. The maximum atomic E-state index is 5.87. The quantitative estimate of drug-likeness (QED) is 0.312. The average molecular weight is 280 g/mol. The van der Waals surface area contributed by atoms with Crippen LogP contribution in [0.1, 0.15) is 19.8 Å². The highest BCUT2D eigenvalue weighted by atomic mass is 79.9. The highest BCUT2D eigenvalue weighted by Crippen LogP contribution is 2.21. The van der Waals surface area contributed by atoms with E-state index < -0.39 is 6.94 Å². The van der Waals surface area contributed by atoms with Gasteiger partial charge in [0.15, 0.2) is 0 Å². The molecule has 0 aromatic heterocycles. The Morgan fingerprint density at radius 1 is 1.36 bits per heavy atom. The van der Waals surface area contributed by atoms with Gasteiger partial charge in [0.05, 0.1) is 0 Å². The zero-order valence-corrected chi connectivity index (χ0v) is 10.7. The van der Waals surface area contributed by atoms with Crippen LogP contribution in [0.15, 0.2) is 0 Å². The third-order valence-corrected chi connectivity index (χ3v) is 5.52. The number of rotatable bonds is 6. The Balaban J connectivity index is 3.23. The maximum absolute atomic E-state index is 5.87. The van der Waals surface area contributed by atoms with Gasteiger partial charge in [-0.2, -0.15) is 0 Å². The second-order valence-electron chi connectivity index (χ2n) is 2.24. The van der Waals surface area contributed by atoms with Gasteiger partial charge >= 0.3 is 6.94 Å². The Morgan fingerprint density at radius 2 is 2.00 bits per heavy atom. The van der Waals surface area contributed by atoms with Crippen molar-refractivity contribution in [2.24, 2.45) is 0 Å². The van der Waals surface area contributed by atoms with Gasteiger partial charge in [-0.3, -0.25) is 0 Å². The third-order valence-electron chi connectivity index (χ3n) is 1.25. The molecule has 0 amide bonds. The van der Waals surface area contributed by atoms with E-state index in [1.54, 1.807) is 0 Å². The van der Waals surface area contributed by atoms with E-state index in [1.807, 2.05) is 6.92 Å². The number of alkyl halides is 1. The molecule has 0 bridgehead atoms. The van der Waals surface area contributed by atoms with E-state index in [1.165, 1.54) is 0 Å². The van der Waals surface area contributed by atoms with Crippen molar-refractivity contribution in [1.29, 1.82) is 0 Å². The molecule has 0 saturated heterocycles. The summed E-state index contributed by atoms with van der Waals surface area (Å²) in [5, 5.41) is 1.02. The van der Waals surface area contributed by atoms with E-state index in [0.29, 0.717) is 6.61 Å². The van der Waals surface area contributed by atoms with Crippen molar-refractivity contribution < 1.29 is 4.43 Å². The number of unbranched alkanes of at least 4 members (excludes halogenated alkanes) is 1. The Hall–Kier alpha value is 1.24.